The van der Waals surface area contributed by atoms with Crippen molar-refractivity contribution in [3.63, 3.8) is 0 Å². The number of likely N-dealkylation sites (tertiary alicyclic amines) is 1. The lowest BCUT2D eigenvalue weighted by molar-refractivity contribution is 0.194. The Bertz CT molecular complexity index is 884. The predicted octanol–water partition coefficient (Wildman–Crippen LogP) is 2.26. The van der Waals surface area contributed by atoms with Gasteiger partial charge in [-0.05, 0) is 56.0 Å². The van der Waals surface area contributed by atoms with Crippen LogP contribution < -0.4 is 10.0 Å². The van der Waals surface area contributed by atoms with Gasteiger partial charge in [-0.3, -0.25) is 5.10 Å². The standard InChI is InChI=1S/C18H23N5O3S/c24-18(23-11-8-13(9-12-23)17-7-10-19-21-17)20-14-3-5-16(6-4-14)27(25,26)22-15-1-2-15/h3-7,10,13,15,22H,1-2,8-9,11-12H2,(H,19,21)(H,20,24). The molecule has 27 heavy (non-hydrogen) atoms. The second-order valence-corrected chi connectivity index (χ2v) is 8.84. The maximum absolute atomic E-state index is 12.5. The lowest BCUT2D eigenvalue weighted by Gasteiger charge is -2.31. The molecule has 2 heterocycles. The lowest BCUT2D eigenvalue weighted by atomic mass is 9.94. The van der Waals surface area contributed by atoms with Gasteiger partial charge in [0.1, 0.15) is 0 Å². The zero-order valence-electron chi connectivity index (χ0n) is 14.9. The van der Waals surface area contributed by atoms with E-state index in [0.29, 0.717) is 24.7 Å². The zero-order valence-corrected chi connectivity index (χ0v) is 15.7. The summed E-state index contributed by atoms with van der Waals surface area (Å²) in [4.78, 5) is 14.5. The molecule has 0 unspecified atom stereocenters. The fraction of sp³-hybridized carbons (Fsp3) is 0.444. The van der Waals surface area contributed by atoms with Crippen molar-refractivity contribution in [2.75, 3.05) is 18.4 Å². The van der Waals surface area contributed by atoms with Gasteiger partial charge in [-0.1, -0.05) is 0 Å². The number of hydrogen-bond donors (Lipinski definition) is 3. The molecule has 1 aliphatic carbocycles. The molecule has 0 atom stereocenters. The highest BCUT2D eigenvalue weighted by Gasteiger charge is 2.28. The van der Waals surface area contributed by atoms with Crippen LogP contribution in [0.5, 0.6) is 0 Å². The van der Waals surface area contributed by atoms with Crippen molar-refractivity contribution >= 4 is 21.7 Å². The highest BCUT2D eigenvalue weighted by atomic mass is 32.2. The van der Waals surface area contributed by atoms with Crippen molar-refractivity contribution in [1.29, 1.82) is 0 Å². The van der Waals surface area contributed by atoms with Gasteiger partial charge in [-0.2, -0.15) is 5.10 Å². The first kappa shape index (κ1) is 18.0. The van der Waals surface area contributed by atoms with Crippen molar-refractivity contribution in [2.24, 2.45) is 0 Å². The second-order valence-electron chi connectivity index (χ2n) is 7.12. The van der Waals surface area contributed by atoms with Crippen LogP contribution in [-0.4, -0.2) is 48.7 Å². The van der Waals surface area contributed by atoms with E-state index in [9.17, 15) is 13.2 Å². The number of aromatic nitrogens is 2. The van der Waals surface area contributed by atoms with E-state index in [0.717, 1.165) is 31.4 Å². The molecule has 1 saturated heterocycles. The average molecular weight is 389 g/mol. The van der Waals surface area contributed by atoms with Crippen molar-refractivity contribution < 1.29 is 13.2 Å². The zero-order chi connectivity index (χ0) is 18.9. The summed E-state index contributed by atoms with van der Waals surface area (Å²) in [7, 11) is -3.47. The van der Waals surface area contributed by atoms with E-state index in [1.807, 2.05) is 6.07 Å². The van der Waals surface area contributed by atoms with Crippen molar-refractivity contribution in [3.8, 4) is 0 Å². The molecular weight excluding hydrogens is 366 g/mol. The molecule has 2 aromatic rings. The Kier molecular flexibility index (Phi) is 4.88. The molecule has 1 aromatic carbocycles. The summed E-state index contributed by atoms with van der Waals surface area (Å²) in [6, 6.07) is 8.17. The highest BCUT2D eigenvalue weighted by molar-refractivity contribution is 7.89. The predicted molar refractivity (Wildman–Crippen MR) is 101 cm³/mol. The van der Waals surface area contributed by atoms with Gasteiger partial charge < -0.3 is 10.2 Å². The monoisotopic (exact) mass is 389 g/mol. The number of amides is 2. The summed E-state index contributed by atoms with van der Waals surface area (Å²) in [5, 5.41) is 9.83. The Labute approximate surface area is 158 Å². The first-order chi connectivity index (χ1) is 13.0. The number of rotatable bonds is 5. The number of piperidine rings is 1. The summed E-state index contributed by atoms with van der Waals surface area (Å²) >= 11 is 0. The molecule has 1 saturated carbocycles. The van der Waals surface area contributed by atoms with Crippen LogP contribution in [-0.2, 0) is 10.0 Å². The molecule has 0 bridgehead atoms. The molecule has 2 fully saturated rings. The molecule has 8 nitrogen and oxygen atoms in total. The third-order valence-electron chi connectivity index (χ3n) is 5.06. The van der Waals surface area contributed by atoms with Crippen LogP contribution in [0.1, 0.15) is 37.3 Å². The molecule has 144 valence electrons. The maximum atomic E-state index is 12.5. The first-order valence-corrected chi connectivity index (χ1v) is 10.7. The summed E-state index contributed by atoms with van der Waals surface area (Å²) in [5.74, 6) is 0.403. The quantitative estimate of drug-likeness (QED) is 0.729. The summed E-state index contributed by atoms with van der Waals surface area (Å²) in [6.45, 7) is 1.35. The van der Waals surface area contributed by atoms with Gasteiger partial charge in [0.2, 0.25) is 10.0 Å². The third kappa shape index (κ3) is 4.30. The summed E-state index contributed by atoms with van der Waals surface area (Å²) in [6.07, 6.45) is 5.31. The smallest absolute Gasteiger partial charge is 0.321 e. The lowest BCUT2D eigenvalue weighted by Crippen LogP contribution is -2.40. The van der Waals surface area contributed by atoms with Gasteiger partial charge in [0.05, 0.1) is 4.90 Å². The number of sulfonamides is 1. The minimum atomic E-state index is -3.47. The Hall–Kier alpha value is -2.39. The molecule has 3 N–H and O–H groups in total. The number of hydrogen-bond acceptors (Lipinski definition) is 4. The summed E-state index contributed by atoms with van der Waals surface area (Å²) in [5.41, 5.74) is 1.70. The van der Waals surface area contributed by atoms with Crippen LogP contribution in [0.2, 0.25) is 0 Å². The fourth-order valence-corrected chi connectivity index (χ4v) is 4.60. The van der Waals surface area contributed by atoms with E-state index < -0.39 is 10.0 Å². The molecular formula is C18H23N5O3S. The SMILES string of the molecule is O=C(Nc1ccc(S(=O)(=O)NC2CC2)cc1)N1CCC(c2ccn[nH]2)CC1. The normalized spacial score (nSPS) is 18.4. The van der Waals surface area contributed by atoms with Crippen molar-refractivity contribution in [1.82, 2.24) is 19.8 Å². The van der Waals surface area contributed by atoms with E-state index in [1.165, 1.54) is 12.1 Å². The number of urea groups is 1. The van der Waals surface area contributed by atoms with Gasteiger partial charge in [0.15, 0.2) is 0 Å². The van der Waals surface area contributed by atoms with Crippen molar-refractivity contribution in [3.05, 3.63) is 42.2 Å². The van der Waals surface area contributed by atoms with Gasteiger partial charge in [-0.15, -0.1) is 0 Å². The summed E-state index contributed by atoms with van der Waals surface area (Å²) < 4.78 is 27.0. The molecule has 9 heteroatoms. The molecule has 0 spiro atoms. The van der Waals surface area contributed by atoms with Gasteiger partial charge in [0.25, 0.3) is 0 Å². The van der Waals surface area contributed by atoms with Gasteiger partial charge >= 0.3 is 6.03 Å². The van der Waals surface area contributed by atoms with Gasteiger partial charge in [0, 0.05) is 42.6 Å². The second kappa shape index (κ2) is 7.32. The number of H-pyrrole nitrogens is 1. The van der Waals surface area contributed by atoms with Gasteiger partial charge in [-0.25, -0.2) is 17.9 Å². The van der Waals surface area contributed by atoms with Crippen LogP contribution in [0.15, 0.2) is 41.4 Å². The number of carbonyl (C=O) groups excluding carboxylic acids is 1. The minimum absolute atomic E-state index is 0.0686. The molecule has 1 aliphatic heterocycles. The molecule has 0 radical (unpaired) electrons. The largest absolute Gasteiger partial charge is 0.324 e. The average Bonchev–Trinajstić information content (AvgIpc) is 3.30. The molecule has 2 aliphatic rings. The number of carbonyl (C=O) groups is 1. The number of anilines is 1. The van der Waals surface area contributed by atoms with E-state index in [4.69, 9.17) is 0 Å². The van der Waals surface area contributed by atoms with Crippen LogP contribution in [0.25, 0.3) is 0 Å². The van der Waals surface area contributed by atoms with Crippen LogP contribution >= 0.6 is 0 Å². The Morgan fingerprint density at radius 3 is 2.37 bits per heavy atom. The maximum Gasteiger partial charge on any atom is 0.321 e. The Morgan fingerprint density at radius 2 is 1.78 bits per heavy atom. The Balaban J connectivity index is 1.32. The number of nitrogens with zero attached hydrogens (tertiary/aromatic N) is 2. The first-order valence-electron chi connectivity index (χ1n) is 9.19. The Morgan fingerprint density at radius 1 is 1.07 bits per heavy atom. The van der Waals surface area contributed by atoms with E-state index >= 15 is 0 Å². The third-order valence-corrected chi connectivity index (χ3v) is 6.60. The van der Waals surface area contributed by atoms with E-state index in [2.05, 4.69) is 20.2 Å². The topological polar surface area (TPSA) is 107 Å². The number of aromatic amines is 1. The molecule has 4 rings (SSSR count). The highest BCUT2D eigenvalue weighted by Crippen LogP contribution is 2.27. The molecule has 1 aromatic heterocycles. The number of nitrogens with one attached hydrogen (secondary N) is 3. The molecule has 2 amide bonds. The van der Waals surface area contributed by atoms with Crippen molar-refractivity contribution in [2.45, 2.75) is 42.5 Å². The fourth-order valence-electron chi connectivity index (χ4n) is 3.30. The number of benzene rings is 1. The van der Waals surface area contributed by atoms with Crippen LogP contribution in [0.4, 0.5) is 10.5 Å². The van der Waals surface area contributed by atoms with Crippen LogP contribution in [0, 0.1) is 0 Å². The minimum Gasteiger partial charge on any atom is -0.324 e. The van der Waals surface area contributed by atoms with E-state index in [-0.39, 0.29) is 17.0 Å². The van der Waals surface area contributed by atoms with Crippen LogP contribution in [0.3, 0.4) is 0 Å². The van der Waals surface area contributed by atoms with E-state index in [1.54, 1.807) is 23.2 Å².